The van der Waals surface area contributed by atoms with Crippen LogP contribution in [-0.4, -0.2) is 136 Å². The Hall–Kier alpha value is -8.84. The maximum Gasteiger partial charge on any atom is 0.421 e. The van der Waals surface area contributed by atoms with Crippen molar-refractivity contribution in [1.29, 1.82) is 0 Å². The number of benzene rings is 5. The van der Waals surface area contributed by atoms with Gasteiger partial charge in [0.15, 0.2) is 15.7 Å². The zero-order valence-corrected chi connectivity index (χ0v) is 60.1. The van der Waals surface area contributed by atoms with E-state index in [1.807, 2.05) is 24.3 Å². The smallest absolute Gasteiger partial charge is 0.421 e. The van der Waals surface area contributed by atoms with E-state index in [4.69, 9.17) is 21.1 Å². The molecular formula is C66H75ClF6N15O7P3S. The zero-order valence-electron chi connectivity index (χ0n) is 55.8. The number of nitrogens with zero attached hydrogens (tertiary/aromatic N) is 9. The SMILES string of the molecule is CN(C)c1ncccc1CNc1nc(Nc2ccc(P(C)(C)=O)cc2)ncc1C(F)(F)F.COc1cc(P(C)(C)=O)ccc1Nc1ncc(Cl)c(Nc2ccccc2S(=O)(=O)C(C)C)n1.CP(C)(=O)c1ccc(Nc2nc(Nc3ccc(N4CCOCC4)cc3)ncc2C(F)(F)F)cc1. The zero-order chi connectivity index (χ0) is 72.3. The fraction of sp³-hybridized carbons (Fsp3) is 0.288. The van der Waals surface area contributed by atoms with Gasteiger partial charge in [0.05, 0.1) is 48.0 Å². The number of methoxy groups -OCH3 is 1. The second-order valence-electron chi connectivity index (χ2n) is 23.9. The second-order valence-corrected chi connectivity index (χ2v) is 36.5. The Morgan fingerprint density at radius 3 is 1.60 bits per heavy atom. The number of halogens is 7. The van der Waals surface area contributed by atoms with E-state index in [9.17, 15) is 48.5 Å². The van der Waals surface area contributed by atoms with Gasteiger partial charge in [-0.2, -0.15) is 41.3 Å². The molecule has 5 heterocycles. The van der Waals surface area contributed by atoms with E-state index in [0.717, 1.165) is 36.7 Å². The van der Waals surface area contributed by atoms with Gasteiger partial charge in [-0.25, -0.2) is 28.4 Å². The highest BCUT2D eigenvalue weighted by molar-refractivity contribution is 7.92. The van der Waals surface area contributed by atoms with Gasteiger partial charge in [-0.3, -0.25) is 0 Å². The lowest BCUT2D eigenvalue weighted by atomic mass is 10.2. The Bertz CT molecular complexity index is 4550. The van der Waals surface area contributed by atoms with Crippen molar-refractivity contribution in [2.75, 3.05) is 129 Å². The van der Waals surface area contributed by atoms with Crippen LogP contribution < -0.4 is 62.4 Å². The van der Waals surface area contributed by atoms with Gasteiger partial charge in [-0.05, 0) is 163 Å². The Labute approximate surface area is 575 Å². The third kappa shape index (κ3) is 20.9. The van der Waals surface area contributed by atoms with Crippen LogP contribution in [0.15, 0.2) is 157 Å². The Morgan fingerprint density at radius 1 is 0.586 bits per heavy atom. The number of aromatic nitrogens is 7. The molecule has 6 N–H and O–H groups in total. The van der Waals surface area contributed by atoms with Crippen LogP contribution in [0.1, 0.15) is 30.5 Å². The number of alkyl halides is 6. The summed E-state index contributed by atoms with van der Waals surface area (Å²) in [6.07, 6.45) is -4.73. The Morgan fingerprint density at radius 2 is 1.07 bits per heavy atom. The maximum atomic E-state index is 13.6. The van der Waals surface area contributed by atoms with Gasteiger partial charge in [-0.1, -0.05) is 29.8 Å². The molecule has 5 aromatic carbocycles. The molecule has 0 bridgehead atoms. The van der Waals surface area contributed by atoms with Crippen molar-refractivity contribution in [2.24, 2.45) is 0 Å². The third-order valence-electron chi connectivity index (χ3n) is 14.8. The number of nitrogens with one attached hydrogen (secondary N) is 6. The normalized spacial score (nSPS) is 12.9. The molecule has 0 amide bonds. The predicted octanol–water partition coefficient (Wildman–Crippen LogP) is 14.7. The largest absolute Gasteiger partial charge is 0.495 e. The molecule has 0 unspecified atom stereocenters. The number of pyridine rings is 1. The summed E-state index contributed by atoms with van der Waals surface area (Å²) in [6.45, 7) is 16.3. The summed E-state index contributed by atoms with van der Waals surface area (Å²) in [7, 11) is -5.73. The number of hydrogen-bond donors (Lipinski definition) is 6. The van der Waals surface area contributed by atoms with Crippen LogP contribution in [0.5, 0.6) is 5.75 Å². The highest BCUT2D eigenvalue weighted by Gasteiger charge is 2.37. The molecule has 1 fully saturated rings. The average molecular weight is 1460 g/mol. The Kier molecular flexibility index (Phi) is 24.5. The summed E-state index contributed by atoms with van der Waals surface area (Å²) in [5.74, 6) is 0.895. The fourth-order valence-electron chi connectivity index (χ4n) is 9.41. The first kappa shape index (κ1) is 75.9. The van der Waals surface area contributed by atoms with Gasteiger partial charge < -0.3 is 64.9 Å². The van der Waals surface area contributed by atoms with Gasteiger partial charge in [0.1, 0.15) is 60.8 Å². The summed E-state index contributed by atoms with van der Waals surface area (Å²) in [5.41, 5.74) is 2.35. The quantitative estimate of drug-likeness (QED) is 0.0288. The van der Waals surface area contributed by atoms with E-state index >= 15 is 0 Å². The van der Waals surface area contributed by atoms with E-state index < -0.39 is 60.0 Å². The molecule has 4 aromatic heterocycles. The highest BCUT2D eigenvalue weighted by atomic mass is 35.5. The molecule has 1 aliphatic heterocycles. The molecule has 1 aliphatic rings. The topological polar surface area (TPSA) is 273 Å². The third-order valence-corrected chi connectivity index (χ3v) is 21.9. The molecule has 0 radical (unpaired) electrons. The molecule has 22 nitrogen and oxygen atoms in total. The van der Waals surface area contributed by atoms with Gasteiger partial charge in [0.2, 0.25) is 17.8 Å². The van der Waals surface area contributed by atoms with E-state index in [2.05, 4.69) is 71.7 Å². The van der Waals surface area contributed by atoms with E-state index in [1.165, 1.54) is 13.3 Å². The van der Waals surface area contributed by atoms with Crippen LogP contribution in [0, 0.1) is 0 Å². The first-order valence-electron chi connectivity index (χ1n) is 30.4. The first-order valence-corrected chi connectivity index (χ1v) is 40.1. The fourth-order valence-corrected chi connectivity index (χ4v) is 13.3. The standard InChI is InChI=1S/C23H25F3N5O2P.C22H26ClN4O4PS.C21H24F3N6OP/c1-34(2,32)19-9-5-16(6-10-19)28-21-20(23(24,25)26)15-27-22(30-21)29-17-3-7-18(8-4-17)31-11-13-33-14-12-31;1-14(2)33(29,30)20-9-7-6-8-18(20)25-21-16(23)13-24-22(27-21)26-17-11-10-15(32(4,5)28)12-19(17)31-3;1-30(2)19-14(6-5-11-25-19)12-26-18-17(21(22,23)24)13-27-20(29-18)28-15-7-9-16(10-8-15)32(3,4)31/h3-10,15H,11-14H2,1-2H3,(H2,27,28,29,30);6-14H,1-5H3,(H2,24,25,26,27);5-11,13H,12H2,1-4H3,(H2,26,27,28,29). The van der Waals surface area contributed by atoms with Gasteiger partial charge in [0.25, 0.3) is 0 Å². The number of sulfone groups is 1. The van der Waals surface area contributed by atoms with Crippen LogP contribution in [-0.2, 0) is 47.2 Å². The molecule has 0 aliphatic carbocycles. The van der Waals surface area contributed by atoms with Crippen molar-refractivity contribution >= 4 is 134 Å². The van der Waals surface area contributed by atoms with Gasteiger partial charge in [0, 0.05) is 96.5 Å². The lowest BCUT2D eigenvalue weighted by molar-refractivity contribution is -0.138. The number of para-hydroxylation sites is 1. The molecule has 0 spiro atoms. The summed E-state index contributed by atoms with van der Waals surface area (Å²) < 4.78 is 154. The van der Waals surface area contributed by atoms with Crippen LogP contribution in [0.4, 0.5) is 102 Å². The van der Waals surface area contributed by atoms with Gasteiger partial charge in [-0.15, -0.1) is 0 Å². The van der Waals surface area contributed by atoms with Crippen molar-refractivity contribution in [2.45, 2.75) is 42.9 Å². The maximum absolute atomic E-state index is 13.6. The molecule has 99 heavy (non-hydrogen) atoms. The minimum atomic E-state index is -4.64. The summed E-state index contributed by atoms with van der Waals surface area (Å²) in [4.78, 5) is 32.8. The second kappa shape index (κ2) is 32.0. The van der Waals surface area contributed by atoms with Crippen molar-refractivity contribution < 1.29 is 57.9 Å². The lowest BCUT2D eigenvalue weighted by Crippen LogP contribution is -2.36. The van der Waals surface area contributed by atoms with Crippen molar-refractivity contribution in [3.63, 3.8) is 0 Å². The number of hydrogen-bond acceptors (Lipinski definition) is 22. The first-order chi connectivity index (χ1) is 46.5. The summed E-state index contributed by atoms with van der Waals surface area (Å²) in [6, 6.07) is 36.0. The van der Waals surface area contributed by atoms with Crippen LogP contribution >= 0.6 is 33.0 Å². The molecule has 0 atom stereocenters. The van der Waals surface area contributed by atoms with Gasteiger partial charge >= 0.3 is 12.4 Å². The number of morpholine rings is 1. The molecule has 10 rings (SSSR count). The van der Waals surface area contributed by atoms with E-state index in [1.54, 1.807) is 182 Å². The predicted molar refractivity (Wildman–Crippen MR) is 385 cm³/mol. The molecule has 0 saturated carbocycles. The van der Waals surface area contributed by atoms with Crippen LogP contribution in [0.3, 0.4) is 0 Å². The Balaban J connectivity index is 0.000000189. The summed E-state index contributed by atoms with van der Waals surface area (Å²) >= 11 is 6.29. The van der Waals surface area contributed by atoms with Crippen LogP contribution in [0.25, 0.3) is 0 Å². The van der Waals surface area contributed by atoms with Crippen molar-refractivity contribution in [3.8, 4) is 5.75 Å². The monoisotopic (exact) mass is 1460 g/mol. The average Bonchev–Trinajstić information content (AvgIpc) is 0.818. The van der Waals surface area contributed by atoms with Crippen LogP contribution in [0.2, 0.25) is 5.02 Å². The summed E-state index contributed by atoms with van der Waals surface area (Å²) in [5, 5.41) is 19.1. The van der Waals surface area contributed by atoms with E-state index in [0.29, 0.717) is 69.1 Å². The number of anilines is 13. The van der Waals surface area contributed by atoms with Crippen molar-refractivity contribution in [3.05, 3.63) is 174 Å². The highest BCUT2D eigenvalue weighted by Crippen LogP contribution is 2.41. The van der Waals surface area contributed by atoms with E-state index in [-0.39, 0.29) is 51.8 Å². The molecule has 33 heteroatoms. The molecule has 9 aromatic rings. The number of ether oxygens (including phenoxy) is 2. The lowest BCUT2D eigenvalue weighted by Gasteiger charge is -2.28. The molecule has 1 saturated heterocycles. The molecular weight excluding hydrogens is 1390 g/mol. The minimum absolute atomic E-state index is 0.00319. The number of rotatable bonds is 21. The van der Waals surface area contributed by atoms with Crippen molar-refractivity contribution in [1.82, 2.24) is 34.9 Å². The molecule has 526 valence electrons. The minimum Gasteiger partial charge on any atom is -0.495 e.